The third-order valence-electron chi connectivity index (χ3n) is 2.65. The molecular formula is C14H16N2O2S. The number of carbonyl (C=O) groups is 1. The topological polar surface area (TPSA) is 51.2 Å². The second kappa shape index (κ2) is 6.33. The number of thiazole rings is 1. The highest BCUT2D eigenvalue weighted by Gasteiger charge is 2.05. The zero-order valence-corrected chi connectivity index (χ0v) is 11.8. The Morgan fingerprint density at radius 3 is 3.05 bits per heavy atom. The fourth-order valence-corrected chi connectivity index (χ4v) is 2.55. The molecule has 0 saturated heterocycles. The van der Waals surface area contributed by atoms with Gasteiger partial charge in [-0.25, -0.2) is 9.78 Å². The average Bonchev–Trinajstić information content (AvgIpc) is 2.87. The van der Waals surface area contributed by atoms with E-state index < -0.39 is 6.09 Å². The Morgan fingerprint density at radius 1 is 1.47 bits per heavy atom. The third kappa shape index (κ3) is 3.79. The number of nitrogens with one attached hydrogen (secondary N) is 1. The van der Waals surface area contributed by atoms with E-state index in [0.29, 0.717) is 13.0 Å². The fourth-order valence-electron chi connectivity index (χ4n) is 1.70. The molecule has 2 rings (SSSR count). The zero-order valence-electron chi connectivity index (χ0n) is 11.0. The molecule has 0 atom stereocenters. The first-order valence-corrected chi connectivity index (χ1v) is 6.90. The minimum atomic E-state index is -0.408. The summed E-state index contributed by atoms with van der Waals surface area (Å²) in [5, 5.41) is 5.68. The van der Waals surface area contributed by atoms with E-state index in [2.05, 4.69) is 40.2 Å². The predicted molar refractivity (Wildman–Crippen MR) is 76.4 cm³/mol. The van der Waals surface area contributed by atoms with Gasteiger partial charge >= 0.3 is 6.09 Å². The number of aromatic nitrogens is 1. The lowest BCUT2D eigenvalue weighted by molar-refractivity contribution is 0.171. The third-order valence-corrected chi connectivity index (χ3v) is 3.59. The van der Waals surface area contributed by atoms with E-state index in [1.165, 1.54) is 12.7 Å². The van der Waals surface area contributed by atoms with E-state index in [9.17, 15) is 4.79 Å². The lowest BCUT2D eigenvalue weighted by Crippen LogP contribution is -2.25. The zero-order chi connectivity index (χ0) is 13.7. The molecule has 1 N–H and O–H groups in total. The fraction of sp³-hybridized carbons (Fsp3) is 0.286. The molecule has 4 nitrogen and oxygen atoms in total. The summed E-state index contributed by atoms with van der Waals surface area (Å²) in [6.45, 7) is 2.60. The Balaban J connectivity index is 1.97. The average molecular weight is 276 g/mol. The monoisotopic (exact) mass is 276 g/mol. The SMILES string of the molecule is COC(=O)NCCc1csc(-c2cccc(C)c2)n1. The molecule has 0 saturated carbocycles. The Bertz CT molecular complexity index is 566. The van der Waals surface area contributed by atoms with Crippen molar-refractivity contribution in [2.24, 2.45) is 0 Å². The summed E-state index contributed by atoms with van der Waals surface area (Å²) >= 11 is 1.62. The maximum Gasteiger partial charge on any atom is 0.406 e. The number of hydrogen-bond donors (Lipinski definition) is 1. The molecule has 0 aliphatic rings. The van der Waals surface area contributed by atoms with Crippen LogP contribution < -0.4 is 5.32 Å². The number of nitrogens with zero attached hydrogens (tertiary/aromatic N) is 1. The van der Waals surface area contributed by atoms with Gasteiger partial charge in [-0.2, -0.15) is 0 Å². The molecule has 1 aromatic heterocycles. The van der Waals surface area contributed by atoms with Gasteiger partial charge in [0, 0.05) is 23.9 Å². The molecule has 0 unspecified atom stereocenters. The van der Waals surface area contributed by atoms with Crippen LogP contribution in [0.1, 0.15) is 11.3 Å². The summed E-state index contributed by atoms with van der Waals surface area (Å²) in [6, 6.07) is 8.28. The van der Waals surface area contributed by atoms with Crippen molar-refractivity contribution < 1.29 is 9.53 Å². The van der Waals surface area contributed by atoms with Crippen molar-refractivity contribution in [3.63, 3.8) is 0 Å². The normalized spacial score (nSPS) is 10.2. The highest BCUT2D eigenvalue weighted by Crippen LogP contribution is 2.24. The van der Waals surface area contributed by atoms with E-state index in [1.54, 1.807) is 11.3 Å². The Kier molecular flexibility index (Phi) is 4.52. The molecule has 0 fully saturated rings. The van der Waals surface area contributed by atoms with Crippen LogP contribution in [0.2, 0.25) is 0 Å². The molecule has 5 heteroatoms. The van der Waals surface area contributed by atoms with Crippen LogP contribution in [0, 0.1) is 6.92 Å². The molecule has 0 radical (unpaired) electrons. The van der Waals surface area contributed by atoms with Crippen molar-refractivity contribution in [1.82, 2.24) is 10.3 Å². The largest absolute Gasteiger partial charge is 0.453 e. The first-order valence-electron chi connectivity index (χ1n) is 6.02. The summed E-state index contributed by atoms with van der Waals surface area (Å²) in [7, 11) is 1.36. The maximum atomic E-state index is 10.9. The number of carbonyl (C=O) groups excluding carboxylic acids is 1. The number of ether oxygens (including phenoxy) is 1. The van der Waals surface area contributed by atoms with Gasteiger partial charge in [0.1, 0.15) is 5.01 Å². The van der Waals surface area contributed by atoms with Gasteiger partial charge in [-0.15, -0.1) is 11.3 Å². The minimum Gasteiger partial charge on any atom is -0.453 e. The summed E-state index contributed by atoms with van der Waals surface area (Å²) < 4.78 is 4.51. The summed E-state index contributed by atoms with van der Waals surface area (Å²) in [6.07, 6.45) is 0.298. The van der Waals surface area contributed by atoms with Crippen LogP contribution in [-0.2, 0) is 11.2 Å². The van der Waals surface area contributed by atoms with E-state index in [1.807, 2.05) is 11.4 Å². The van der Waals surface area contributed by atoms with Crippen LogP contribution >= 0.6 is 11.3 Å². The number of alkyl carbamates (subject to hydrolysis) is 1. The van der Waals surface area contributed by atoms with Crippen molar-refractivity contribution in [3.8, 4) is 10.6 Å². The first-order chi connectivity index (χ1) is 9.19. The summed E-state index contributed by atoms with van der Waals surface area (Å²) in [5.74, 6) is 0. The lowest BCUT2D eigenvalue weighted by atomic mass is 10.1. The lowest BCUT2D eigenvalue weighted by Gasteiger charge is -2.01. The number of hydrogen-bond acceptors (Lipinski definition) is 4. The number of aryl methyl sites for hydroxylation is 1. The van der Waals surface area contributed by atoms with Gasteiger partial charge in [-0.3, -0.25) is 0 Å². The predicted octanol–water partition coefficient (Wildman–Crippen LogP) is 3.02. The molecule has 19 heavy (non-hydrogen) atoms. The van der Waals surface area contributed by atoms with Gasteiger partial charge in [-0.05, 0) is 13.0 Å². The van der Waals surface area contributed by atoms with Gasteiger partial charge in [0.05, 0.1) is 12.8 Å². The van der Waals surface area contributed by atoms with Crippen molar-refractivity contribution in [1.29, 1.82) is 0 Å². The quantitative estimate of drug-likeness (QED) is 0.934. The molecule has 1 heterocycles. The van der Waals surface area contributed by atoms with Crippen molar-refractivity contribution in [2.75, 3.05) is 13.7 Å². The maximum absolute atomic E-state index is 10.9. The van der Waals surface area contributed by atoms with Crippen LogP contribution in [-0.4, -0.2) is 24.7 Å². The highest BCUT2D eigenvalue weighted by molar-refractivity contribution is 7.13. The van der Waals surface area contributed by atoms with Gasteiger partial charge in [-0.1, -0.05) is 23.8 Å². The second-order valence-electron chi connectivity index (χ2n) is 4.18. The molecule has 0 aliphatic carbocycles. The Morgan fingerprint density at radius 2 is 2.32 bits per heavy atom. The molecule has 2 aromatic rings. The molecule has 0 aliphatic heterocycles. The molecule has 0 spiro atoms. The van der Waals surface area contributed by atoms with E-state index in [4.69, 9.17) is 0 Å². The molecular weight excluding hydrogens is 260 g/mol. The van der Waals surface area contributed by atoms with Crippen molar-refractivity contribution >= 4 is 17.4 Å². The molecule has 0 bridgehead atoms. The van der Waals surface area contributed by atoms with E-state index >= 15 is 0 Å². The standard InChI is InChI=1S/C14H16N2O2S/c1-10-4-3-5-11(8-10)13-16-12(9-19-13)6-7-15-14(17)18-2/h3-5,8-9H,6-7H2,1-2H3,(H,15,17). The second-order valence-corrected chi connectivity index (χ2v) is 5.04. The highest BCUT2D eigenvalue weighted by atomic mass is 32.1. The van der Waals surface area contributed by atoms with Gasteiger partial charge in [0.2, 0.25) is 0 Å². The summed E-state index contributed by atoms with van der Waals surface area (Å²) in [5.41, 5.74) is 3.34. The van der Waals surface area contributed by atoms with Crippen molar-refractivity contribution in [3.05, 3.63) is 40.9 Å². The van der Waals surface area contributed by atoms with Crippen LogP contribution in [0.15, 0.2) is 29.6 Å². The molecule has 100 valence electrons. The van der Waals surface area contributed by atoms with Gasteiger partial charge in [0.15, 0.2) is 0 Å². The first kappa shape index (κ1) is 13.5. The van der Waals surface area contributed by atoms with Crippen LogP contribution in [0.5, 0.6) is 0 Å². The van der Waals surface area contributed by atoms with Crippen LogP contribution in [0.4, 0.5) is 4.79 Å². The van der Waals surface area contributed by atoms with Gasteiger partial charge < -0.3 is 10.1 Å². The number of benzene rings is 1. The van der Waals surface area contributed by atoms with Crippen molar-refractivity contribution in [2.45, 2.75) is 13.3 Å². The minimum absolute atomic E-state index is 0.408. The summed E-state index contributed by atoms with van der Waals surface area (Å²) in [4.78, 5) is 15.5. The van der Waals surface area contributed by atoms with E-state index in [0.717, 1.165) is 16.3 Å². The molecule has 1 amide bonds. The number of rotatable bonds is 4. The Hall–Kier alpha value is -1.88. The number of methoxy groups -OCH3 is 1. The molecule has 1 aromatic carbocycles. The van der Waals surface area contributed by atoms with E-state index in [-0.39, 0.29) is 0 Å². The Labute approximate surface area is 116 Å². The number of amides is 1. The van der Waals surface area contributed by atoms with Crippen LogP contribution in [0.25, 0.3) is 10.6 Å². The smallest absolute Gasteiger partial charge is 0.406 e. The van der Waals surface area contributed by atoms with Gasteiger partial charge in [0.25, 0.3) is 0 Å². The van der Waals surface area contributed by atoms with Crippen LogP contribution in [0.3, 0.4) is 0 Å².